The van der Waals surface area contributed by atoms with Crippen molar-refractivity contribution in [2.75, 3.05) is 4.90 Å². The molecule has 0 N–H and O–H groups in total. The molecule has 0 aliphatic heterocycles. The molecule has 258 valence electrons. The van der Waals surface area contributed by atoms with Crippen molar-refractivity contribution in [3.8, 4) is 33.4 Å². The number of nitrogens with zero attached hydrogens (tertiary/aromatic N) is 1. The first kappa shape index (κ1) is 31.6. The molecule has 2 nitrogen and oxygen atoms in total. The van der Waals surface area contributed by atoms with Gasteiger partial charge in [0.1, 0.15) is 5.58 Å². The van der Waals surface area contributed by atoms with E-state index in [0.29, 0.717) is 0 Å². The summed E-state index contributed by atoms with van der Waals surface area (Å²) < 4.78 is 9.32. The lowest BCUT2D eigenvalue weighted by molar-refractivity contribution is 0.669. The van der Waals surface area contributed by atoms with Gasteiger partial charge in [-0.2, -0.15) is 0 Å². The molecule has 0 saturated heterocycles. The summed E-state index contributed by atoms with van der Waals surface area (Å²) in [5.74, 6) is 0. The van der Waals surface area contributed by atoms with Crippen molar-refractivity contribution in [1.29, 1.82) is 0 Å². The monoisotopic (exact) mass is 719 g/mol. The molecule has 2 aromatic heterocycles. The number of hydrogen-bond donors (Lipinski definition) is 0. The predicted octanol–water partition coefficient (Wildman–Crippen LogP) is 15.6. The fourth-order valence-electron chi connectivity index (χ4n) is 8.21. The molecule has 0 aliphatic rings. The highest BCUT2D eigenvalue weighted by Gasteiger charge is 2.21. The van der Waals surface area contributed by atoms with Gasteiger partial charge < -0.3 is 9.32 Å². The summed E-state index contributed by atoms with van der Waals surface area (Å²) in [6.07, 6.45) is 0. The molecule has 11 rings (SSSR count). The van der Waals surface area contributed by atoms with Gasteiger partial charge in [-0.05, 0) is 98.8 Å². The van der Waals surface area contributed by atoms with Crippen LogP contribution in [-0.2, 0) is 0 Å². The van der Waals surface area contributed by atoms with Crippen LogP contribution in [0.3, 0.4) is 0 Å². The van der Waals surface area contributed by atoms with E-state index < -0.39 is 0 Å². The average molecular weight is 720 g/mol. The Hall–Kier alpha value is -6.94. The Kier molecular flexibility index (Phi) is 7.39. The molecule has 0 fully saturated rings. The van der Waals surface area contributed by atoms with E-state index in [9.17, 15) is 0 Å². The molecular weight excluding hydrogens is 687 g/mol. The molecule has 0 radical (unpaired) electrons. The standard InChI is InChI=1S/C52H33NOS/c1-2-12-34(13-3-1)38-30-39(37-26-29-46-45-18-7-9-23-50(45)55-51(46)33-37)32-41(31-38)53(48-21-11-20-47-44-17-6-8-22-49(44)54-52(47)48)40-27-24-36(25-28-40)43-19-10-15-35-14-4-5-16-42(35)43/h1-33H. The summed E-state index contributed by atoms with van der Waals surface area (Å²) in [5, 5.41) is 7.30. The summed E-state index contributed by atoms with van der Waals surface area (Å²) in [6.45, 7) is 0. The third kappa shape index (κ3) is 5.40. The van der Waals surface area contributed by atoms with E-state index in [2.05, 4.69) is 199 Å². The highest BCUT2D eigenvalue weighted by atomic mass is 32.1. The van der Waals surface area contributed by atoms with Crippen molar-refractivity contribution in [2.24, 2.45) is 0 Å². The zero-order valence-corrected chi connectivity index (χ0v) is 30.6. The second-order valence-corrected chi connectivity index (χ2v) is 15.2. The SMILES string of the molecule is c1ccc(-c2cc(-c3ccc4c(c3)sc3ccccc34)cc(N(c3ccc(-c4cccc5ccccc45)cc3)c3cccc4c3oc3ccccc34)c2)cc1. The van der Waals surface area contributed by atoms with Gasteiger partial charge >= 0.3 is 0 Å². The summed E-state index contributed by atoms with van der Waals surface area (Å²) in [4.78, 5) is 2.37. The maximum absolute atomic E-state index is 6.72. The fraction of sp³-hybridized carbons (Fsp3) is 0. The van der Waals surface area contributed by atoms with Crippen LogP contribution in [0.1, 0.15) is 0 Å². The second-order valence-electron chi connectivity index (χ2n) is 14.1. The van der Waals surface area contributed by atoms with Gasteiger partial charge in [-0.3, -0.25) is 0 Å². The molecule has 3 heteroatoms. The smallest absolute Gasteiger partial charge is 0.159 e. The third-order valence-electron chi connectivity index (χ3n) is 10.8. The topological polar surface area (TPSA) is 16.4 Å². The molecule has 0 amide bonds. The third-order valence-corrected chi connectivity index (χ3v) is 12.0. The van der Waals surface area contributed by atoms with Gasteiger partial charge in [0.25, 0.3) is 0 Å². The Morgan fingerprint density at radius 1 is 0.364 bits per heavy atom. The molecule has 0 atom stereocenters. The lowest BCUT2D eigenvalue weighted by Crippen LogP contribution is -2.10. The molecule has 55 heavy (non-hydrogen) atoms. The summed E-state index contributed by atoms with van der Waals surface area (Å²) in [7, 11) is 0. The lowest BCUT2D eigenvalue weighted by atomic mass is 9.96. The van der Waals surface area contributed by atoms with Crippen LogP contribution in [0.15, 0.2) is 205 Å². The summed E-state index contributed by atoms with van der Waals surface area (Å²) in [5.41, 5.74) is 11.9. The number of rotatable bonds is 6. The van der Waals surface area contributed by atoms with Gasteiger partial charge in [-0.15, -0.1) is 11.3 Å². The maximum Gasteiger partial charge on any atom is 0.159 e. The van der Waals surface area contributed by atoms with Crippen LogP contribution in [0.2, 0.25) is 0 Å². The van der Waals surface area contributed by atoms with E-state index in [-0.39, 0.29) is 0 Å². The minimum absolute atomic E-state index is 0.861. The predicted molar refractivity (Wildman–Crippen MR) is 235 cm³/mol. The van der Waals surface area contributed by atoms with E-state index in [1.165, 1.54) is 53.2 Å². The first-order valence-corrected chi connectivity index (χ1v) is 19.5. The summed E-state index contributed by atoms with van der Waals surface area (Å²) >= 11 is 1.86. The van der Waals surface area contributed by atoms with Gasteiger partial charge in [-0.25, -0.2) is 0 Å². The highest BCUT2D eigenvalue weighted by Crippen LogP contribution is 2.45. The Labute approximate surface area is 322 Å². The van der Waals surface area contributed by atoms with Crippen LogP contribution in [0.5, 0.6) is 0 Å². The first-order chi connectivity index (χ1) is 27.2. The van der Waals surface area contributed by atoms with Gasteiger partial charge in [0.15, 0.2) is 5.58 Å². The molecular formula is C52H33NOS. The van der Waals surface area contributed by atoms with Gasteiger partial charge in [0.2, 0.25) is 0 Å². The number of anilines is 3. The maximum atomic E-state index is 6.72. The van der Waals surface area contributed by atoms with Crippen LogP contribution in [0.25, 0.3) is 86.3 Å². The van der Waals surface area contributed by atoms with E-state index in [1.54, 1.807) is 0 Å². The van der Waals surface area contributed by atoms with Crippen LogP contribution in [0, 0.1) is 0 Å². The number of benzene rings is 9. The largest absolute Gasteiger partial charge is 0.454 e. The number of para-hydroxylation sites is 2. The molecule has 0 saturated carbocycles. The number of thiophene rings is 1. The highest BCUT2D eigenvalue weighted by molar-refractivity contribution is 7.25. The van der Waals surface area contributed by atoms with E-state index in [4.69, 9.17) is 4.42 Å². The van der Waals surface area contributed by atoms with Crippen LogP contribution < -0.4 is 4.90 Å². The fourth-order valence-corrected chi connectivity index (χ4v) is 9.36. The Bertz CT molecular complexity index is 3200. The Morgan fingerprint density at radius 2 is 1.02 bits per heavy atom. The van der Waals surface area contributed by atoms with Gasteiger partial charge in [0.05, 0.1) is 5.69 Å². The van der Waals surface area contributed by atoms with E-state index in [1.807, 2.05) is 17.4 Å². The average Bonchev–Trinajstić information content (AvgIpc) is 3.83. The minimum Gasteiger partial charge on any atom is -0.454 e. The van der Waals surface area contributed by atoms with Crippen molar-refractivity contribution < 1.29 is 4.42 Å². The zero-order chi connectivity index (χ0) is 36.3. The molecule has 0 spiro atoms. The quantitative estimate of drug-likeness (QED) is 0.170. The van der Waals surface area contributed by atoms with Crippen LogP contribution in [0.4, 0.5) is 17.1 Å². The number of fused-ring (bicyclic) bond motifs is 7. The first-order valence-electron chi connectivity index (χ1n) is 18.7. The number of furan rings is 1. The molecule has 0 bridgehead atoms. The normalized spacial score (nSPS) is 11.6. The minimum atomic E-state index is 0.861. The molecule has 0 aliphatic carbocycles. The zero-order valence-electron chi connectivity index (χ0n) is 29.8. The van der Waals surface area contributed by atoms with Crippen LogP contribution in [-0.4, -0.2) is 0 Å². The summed E-state index contributed by atoms with van der Waals surface area (Å²) in [6, 6.07) is 72.3. The van der Waals surface area contributed by atoms with Gasteiger partial charge in [0, 0.05) is 42.3 Å². The van der Waals surface area contributed by atoms with Gasteiger partial charge in [-0.1, -0.05) is 146 Å². The van der Waals surface area contributed by atoms with Crippen LogP contribution >= 0.6 is 11.3 Å². The Morgan fingerprint density at radius 3 is 1.89 bits per heavy atom. The van der Waals surface area contributed by atoms with Crippen molar-refractivity contribution >= 4 is 81.3 Å². The molecule has 2 heterocycles. The van der Waals surface area contributed by atoms with E-state index >= 15 is 0 Å². The second kappa shape index (κ2) is 12.9. The van der Waals surface area contributed by atoms with E-state index in [0.717, 1.165) is 50.1 Å². The molecule has 9 aromatic carbocycles. The Balaban J connectivity index is 1.14. The number of hydrogen-bond acceptors (Lipinski definition) is 3. The molecule has 11 aromatic rings. The van der Waals surface area contributed by atoms with Crippen molar-refractivity contribution in [1.82, 2.24) is 0 Å². The van der Waals surface area contributed by atoms with Crippen molar-refractivity contribution in [3.05, 3.63) is 200 Å². The lowest BCUT2D eigenvalue weighted by Gasteiger charge is -2.27. The van der Waals surface area contributed by atoms with Crippen molar-refractivity contribution in [3.63, 3.8) is 0 Å². The molecule has 0 unspecified atom stereocenters. The van der Waals surface area contributed by atoms with Crippen molar-refractivity contribution in [2.45, 2.75) is 0 Å².